The summed E-state index contributed by atoms with van der Waals surface area (Å²) >= 11 is 6.00. The van der Waals surface area contributed by atoms with Gasteiger partial charge in [-0.3, -0.25) is 9.78 Å². The number of anilines is 1. The number of carbonyl (C=O) groups excluding carboxylic acids is 1. The lowest BCUT2D eigenvalue weighted by atomic mass is 10.2. The van der Waals surface area contributed by atoms with Crippen LogP contribution in [0.3, 0.4) is 0 Å². The molecule has 3 aromatic rings. The molecule has 1 saturated heterocycles. The average molecular weight is 371 g/mol. The number of hydrogen-bond donors (Lipinski definition) is 0. The van der Waals surface area contributed by atoms with Gasteiger partial charge in [0.2, 0.25) is 5.82 Å². The predicted molar refractivity (Wildman–Crippen MR) is 94.9 cm³/mol. The Morgan fingerprint density at radius 2 is 2.00 bits per heavy atom. The van der Waals surface area contributed by atoms with Crippen molar-refractivity contribution in [2.45, 2.75) is 0 Å². The lowest BCUT2D eigenvalue weighted by molar-refractivity contribution is 0.0738. The summed E-state index contributed by atoms with van der Waals surface area (Å²) in [7, 11) is 0. The molecule has 2 aromatic heterocycles. The average Bonchev–Trinajstić information content (AvgIpc) is 3.18. The molecule has 132 valence electrons. The fourth-order valence-corrected chi connectivity index (χ4v) is 2.95. The summed E-state index contributed by atoms with van der Waals surface area (Å²) in [5, 5.41) is 4.63. The standard InChI is InChI=1S/C17H15ClN6O2/c18-13-3-1-2-12(10-13)15-21-17(26-22-15)24-8-6-23(7-9-24)16(25)14-11-19-4-5-20-14/h1-5,10-11H,6-9H2. The Kier molecular flexibility index (Phi) is 4.49. The number of hydrogen-bond acceptors (Lipinski definition) is 7. The van der Waals surface area contributed by atoms with E-state index in [0.717, 1.165) is 5.56 Å². The first-order valence-corrected chi connectivity index (χ1v) is 8.48. The van der Waals surface area contributed by atoms with Gasteiger partial charge in [-0.15, -0.1) is 0 Å². The summed E-state index contributed by atoms with van der Waals surface area (Å²) in [6.07, 6.45) is 4.53. The normalized spacial score (nSPS) is 14.5. The third-order valence-corrected chi connectivity index (χ3v) is 4.35. The van der Waals surface area contributed by atoms with E-state index in [0.29, 0.717) is 48.7 Å². The Balaban J connectivity index is 1.42. The number of carbonyl (C=O) groups is 1. The van der Waals surface area contributed by atoms with Crippen molar-refractivity contribution in [1.82, 2.24) is 25.0 Å². The molecule has 1 fully saturated rings. The van der Waals surface area contributed by atoms with Gasteiger partial charge in [0.25, 0.3) is 5.91 Å². The molecule has 26 heavy (non-hydrogen) atoms. The van der Waals surface area contributed by atoms with Crippen LogP contribution < -0.4 is 4.90 Å². The molecule has 0 atom stereocenters. The minimum absolute atomic E-state index is 0.122. The van der Waals surface area contributed by atoms with E-state index in [1.807, 2.05) is 17.0 Å². The first-order valence-electron chi connectivity index (χ1n) is 8.10. The van der Waals surface area contributed by atoms with Crippen LogP contribution in [-0.2, 0) is 0 Å². The van der Waals surface area contributed by atoms with Crippen LogP contribution in [0.4, 0.5) is 6.01 Å². The molecule has 0 saturated carbocycles. The first-order chi connectivity index (χ1) is 12.7. The minimum Gasteiger partial charge on any atom is -0.334 e. The van der Waals surface area contributed by atoms with Gasteiger partial charge in [0, 0.05) is 49.2 Å². The van der Waals surface area contributed by atoms with Gasteiger partial charge in [0.05, 0.1) is 6.20 Å². The van der Waals surface area contributed by atoms with E-state index in [-0.39, 0.29) is 5.91 Å². The Morgan fingerprint density at radius 1 is 1.15 bits per heavy atom. The van der Waals surface area contributed by atoms with E-state index < -0.39 is 0 Å². The Morgan fingerprint density at radius 3 is 2.73 bits per heavy atom. The van der Waals surface area contributed by atoms with Gasteiger partial charge in [-0.1, -0.05) is 28.9 Å². The minimum atomic E-state index is -0.122. The van der Waals surface area contributed by atoms with Crippen LogP contribution in [0, 0.1) is 0 Å². The zero-order valence-corrected chi connectivity index (χ0v) is 14.5. The zero-order valence-electron chi connectivity index (χ0n) is 13.7. The molecule has 0 unspecified atom stereocenters. The largest absolute Gasteiger partial charge is 0.334 e. The second-order valence-corrected chi connectivity index (χ2v) is 6.22. The summed E-state index contributed by atoms with van der Waals surface area (Å²) in [4.78, 5) is 28.5. The fourth-order valence-electron chi connectivity index (χ4n) is 2.76. The molecule has 3 heterocycles. The van der Waals surface area contributed by atoms with Crippen LogP contribution in [0.25, 0.3) is 11.4 Å². The van der Waals surface area contributed by atoms with Crippen molar-refractivity contribution < 1.29 is 9.32 Å². The van der Waals surface area contributed by atoms with Crippen molar-refractivity contribution in [2.75, 3.05) is 31.1 Å². The van der Waals surface area contributed by atoms with Crippen molar-refractivity contribution >= 4 is 23.5 Å². The molecule has 0 aliphatic carbocycles. The molecule has 0 N–H and O–H groups in total. The highest BCUT2D eigenvalue weighted by Crippen LogP contribution is 2.23. The summed E-state index contributed by atoms with van der Waals surface area (Å²) in [5.74, 6) is 0.364. The number of amides is 1. The monoisotopic (exact) mass is 370 g/mol. The van der Waals surface area contributed by atoms with Crippen molar-refractivity contribution in [2.24, 2.45) is 0 Å². The molecule has 0 bridgehead atoms. The second kappa shape index (κ2) is 7.09. The summed E-state index contributed by atoms with van der Waals surface area (Å²) in [6.45, 7) is 2.29. The summed E-state index contributed by atoms with van der Waals surface area (Å²) in [6, 6.07) is 7.72. The third kappa shape index (κ3) is 3.36. The smallest absolute Gasteiger partial charge is 0.324 e. The van der Waals surface area contributed by atoms with Crippen LogP contribution in [0.1, 0.15) is 10.5 Å². The second-order valence-electron chi connectivity index (χ2n) is 5.78. The van der Waals surface area contributed by atoms with Crippen LogP contribution in [-0.4, -0.2) is 57.1 Å². The van der Waals surface area contributed by atoms with Crippen molar-refractivity contribution in [3.63, 3.8) is 0 Å². The number of nitrogens with zero attached hydrogens (tertiary/aromatic N) is 6. The molecule has 0 spiro atoms. The van der Waals surface area contributed by atoms with Gasteiger partial charge < -0.3 is 14.3 Å². The third-order valence-electron chi connectivity index (χ3n) is 4.12. The Hall–Kier alpha value is -3.00. The maximum Gasteiger partial charge on any atom is 0.324 e. The summed E-state index contributed by atoms with van der Waals surface area (Å²) in [5.41, 5.74) is 1.14. The van der Waals surface area contributed by atoms with Gasteiger partial charge in [0.15, 0.2) is 0 Å². The number of aromatic nitrogens is 4. The molecule has 1 aliphatic heterocycles. The molecular weight excluding hydrogens is 356 g/mol. The molecule has 1 amide bonds. The van der Waals surface area contributed by atoms with Crippen LogP contribution in [0.2, 0.25) is 5.02 Å². The van der Waals surface area contributed by atoms with Gasteiger partial charge in [0.1, 0.15) is 5.69 Å². The van der Waals surface area contributed by atoms with Gasteiger partial charge in [-0.25, -0.2) is 4.98 Å². The number of benzene rings is 1. The van der Waals surface area contributed by atoms with E-state index in [1.165, 1.54) is 12.4 Å². The topological polar surface area (TPSA) is 88.3 Å². The molecule has 8 nitrogen and oxygen atoms in total. The van der Waals surface area contributed by atoms with E-state index in [9.17, 15) is 4.79 Å². The first kappa shape index (κ1) is 16.5. The quantitative estimate of drug-likeness (QED) is 0.697. The summed E-state index contributed by atoms with van der Waals surface area (Å²) < 4.78 is 5.37. The molecular formula is C17H15ClN6O2. The Bertz CT molecular complexity index is 908. The molecule has 1 aromatic carbocycles. The Labute approximate surface area is 154 Å². The number of halogens is 1. The lowest BCUT2D eigenvalue weighted by Gasteiger charge is -2.33. The highest BCUT2D eigenvalue weighted by molar-refractivity contribution is 6.30. The van der Waals surface area contributed by atoms with E-state index in [1.54, 1.807) is 23.2 Å². The molecule has 4 rings (SSSR count). The van der Waals surface area contributed by atoms with Crippen LogP contribution >= 0.6 is 11.6 Å². The number of rotatable bonds is 3. The van der Waals surface area contributed by atoms with E-state index >= 15 is 0 Å². The fraction of sp³-hybridized carbons (Fsp3) is 0.235. The molecule has 9 heteroatoms. The van der Waals surface area contributed by atoms with Crippen molar-refractivity contribution in [3.05, 3.63) is 53.6 Å². The SMILES string of the molecule is O=C(c1cnccn1)N1CCN(c2nc(-c3cccc(Cl)c3)no2)CC1. The number of piperazine rings is 1. The van der Waals surface area contributed by atoms with Gasteiger partial charge >= 0.3 is 6.01 Å². The van der Waals surface area contributed by atoms with Crippen molar-refractivity contribution in [1.29, 1.82) is 0 Å². The predicted octanol–water partition coefficient (Wildman–Crippen LogP) is 2.14. The van der Waals surface area contributed by atoms with E-state index in [4.69, 9.17) is 16.1 Å². The molecule has 1 aliphatic rings. The maximum absolute atomic E-state index is 12.4. The van der Waals surface area contributed by atoms with Gasteiger partial charge in [-0.05, 0) is 12.1 Å². The zero-order chi connectivity index (χ0) is 17.9. The lowest BCUT2D eigenvalue weighted by Crippen LogP contribution is -2.49. The maximum atomic E-state index is 12.4. The van der Waals surface area contributed by atoms with Crippen LogP contribution in [0.15, 0.2) is 47.4 Å². The highest BCUT2D eigenvalue weighted by atomic mass is 35.5. The highest BCUT2D eigenvalue weighted by Gasteiger charge is 2.25. The van der Waals surface area contributed by atoms with E-state index in [2.05, 4.69) is 20.1 Å². The van der Waals surface area contributed by atoms with Gasteiger partial charge in [-0.2, -0.15) is 4.98 Å². The van der Waals surface area contributed by atoms with Crippen LogP contribution in [0.5, 0.6) is 0 Å². The molecule has 0 radical (unpaired) electrons. The van der Waals surface area contributed by atoms with Crippen molar-refractivity contribution in [3.8, 4) is 11.4 Å².